The maximum Gasteiger partial charge on any atom is 0.267 e. The molecule has 40 nitrogen and oxygen atoms in total. The molecule has 1 amide bonds. The van der Waals surface area contributed by atoms with Crippen LogP contribution in [0.1, 0.15) is 144 Å². The van der Waals surface area contributed by atoms with Gasteiger partial charge in [-0.15, -0.1) is 0 Å². The van der Waals surface area contributed by atoms with E-state index in [-0.39, 0.29) is 91.6 Å². The topological polar surface area (TPSA) is 587 Å². The van der Waals surface area contributed by atoms with E-state index in [1.165, 1.54) is 20.8 Å². The van der Waals surface area contributed by atoms with Crippen LogP contribution in [0.15, 0.2) is 0 Å². The molecule has 0 aliphatic carbocycles. The maximum absolute atomic E-state index is 13.6. The molecule has 4 aliphatic rings. The van der Waals surface area contributed by atoms with Gasteiger partial charge in [0.2, 0.25) is 5.91 Å². The zero-order valence-electron chi connectivity index (χ0n) is 62.4. The zero-order valence-corrected chi connectivity index (χ0v) is 66.9. The van der Waals surface area contributed by atoms with Crippen molar-refractivity contribution in [2.75, 3.05) is 132 Å². The molecule has 108 heavy (non-hydrogen) atoms. The number of nitrogens with one attached hydrogen (secondary N) is 1. The molecule has 45 heteroatoms. The van der Waals surface area contributed by atoms with Crippen LogP contribution in [0.25, 0.3) is 0 Å². The van der Waals surface area contributed by atoms with E-state index in [1.54, 1.807) is 20.8 Å². The lowest BCUT2D eigenvalue weighted by Crippen LogP contribution is -2.64. The number of phosphoric acid groups is 4. The number of hydrogen-bond acceptors (Lipinski definition) is 39. The van der Waals surface area contributed by atoms with Gasteiger partial charge in [0.15, 0.2) is 18.9 Å². The van der Waals surface area contributed by atoms with Crippen molar-refractivity contribution in [2.45, 2.75) is 248 Å². The van der Waals surface area contributed by atoms with Crippen LogP contribution in [-0.2, 0) is 116 Å². The van der Waals surface area contributed by atoms with E-state index in [9.17, 15) is 98.0 Å². The molecule has 0 aromatic heterocycles. The molecule has 10 N–H and O–H groups in total. The number of phosphoric ester groups is 4. The average Bonchev–Trinajstić information content (AvgIpc) is 1.23. The van der Waals surface area contributed by atoms with Crippen LogP contribution in [0.3, 0.4) is 0 Å². The molecule has 0 bridgehead atoms. The molecule has 4 fully saturated rings. The molecule has 4 aliphatic heterocycles. The molecule has 0 spiro atoms. The number of unbranched alkanes of at least 4 members (excludes halogenated alkanes) is 9. The first-order chi connectivity index (χ1) is 51.0. The van der Waals surface area contributed by atoms with Gasteiger partial charge >= 0.3 is 0 Å². The van der Waals surface area contributed by atoms with Crippen molar-refractivity contribution >= 4 is 44.8 Å². The summed E-state index contributed by atoms with van der Waals surface area (Å²) in [4.78, 5) is 76.2. The quantitative estimate of drug-likeness (QED) is 0.0272. The molecule has 0 aromatic carbocycles. The lowest BCUT2D eigenvalue weighted by molar-refractivity contribution is -0.282. The fraction of sp³-hybridized carbons (Fsp3) is 0.984. The van der Waals surface area contributed by atoms with E-state index >= 15 is 0 Å². The second kappa shape index (κ2) is 51.5. The van der Waals surface area contributed by atoms with Gasteiger partial charge in [-0.05, 0) is 64.7 Å². The van der Waals surface area contributed by atoms with Crippen LogP contribution in [0.5, 0.6) is 0 Å². The minimum Gasteiger partial charge on any atom is -0.778 e. The standard InChI is InChI=1S/C63H124NO39P5/c1-43(2)104(75,76)103-48-34-44(3)99-52(48)38-97-108(83,84)98-42-63(39-85-22-19-31-94-105(77,78)91-28-16-10-7-13-25-88-60-45(4)54(69)56(71)49(35-65)100-60,40-86-23-20-32-95-106(79,80)92-29-17-11-8-14-26-89-61-46(5)55(70)57(72)50(36-66)101-61)41-87-24-21-33-96-107(81,82)93-30-18-12-9-15-27-90-62-53(64-47(6)68)59(74)58(73)51(37-67)102-62/h43-46,48-62,65-67,69-74H,7-42H2,1-6H3,(H,64,68)(H,75,76)(H,77,78)(H,79,80)(H,81,82)(H,83,84)/p-5/t44-,45-,46-,48?,49?,50?,51?,52+,53-,54?,55?,56-,57-,58-,59?,60+,61+,62+,63?/m0/s1. The van der Waals surface area contributed by atoms with E-state index < -0.39 is 239 Å². The van der Waals surface area contributed by atoms with Gasteiger partial charge in [-0.2, -0.15) is 0 Å². The van der Waals surface area contributed by atoms with Crippen LogP contribution in [-0.4, -0.2) is 288 Å². The molecular weight excluding hydrogens is 1550 g/mol. The summed E-state index contributed by atoms with van der Waals surface area (Å²) in [5.41, 5.74) is -2.55. The maximum atomic E-state index is 13.6. The van der Waals surface area contributed by atoms with Crippen LogP contribution in [0.2, 0.25) is 0 Å². The SMILES string of the molecule is CC(=O)N[C@H]1C(O)[C@@H](O)C(CO)O[C@H]1OCCCCCCOP(=O)([O-])OCCCOCC(COCCCOP(=O)([O-])OCCCCCCO[C@@H]1OC(CO)[C@H](O)C(O)[C@@H]1C)(COCCCOP(=O)([O-])OCCCCCCO[C@@H]1OC(CO)[C@H](O)C(O)[C@@H]1C)COP(=O)([O-])OC[C@H]1O[C@@H](C)CC1OP(=O)([O-])C(C)C. The Morgan fingerprint density at radius 1 is 0.426 bits per heavy atom. The van der Waals surface area contributed by atoms with E-state index in [0.717, 1.165) is 0 Å². The summed E-state index contributed by atoms with van der Waals surface area (Å²) in [5.74, 6) is -1.65. The lowest BCUT2D eigenvalue weighted by Gasteiger charge is -2.42. The van der Waals surface area contributed by atoms with E-state index in [1.807, 2.05) is 0 Å². The number of ether oxygens (including phenoxy) is 10. The smallest absolute Gasteiger partial charge is 0.267 e. The molecule has 4 rings (SSSR count). The monoisotopic (exact) mass is 1670 g/mol. The third kappa shape index (κ3) is 37.7. The van der Waals surface area contributed by atoms with Gasteiger partial charge in [0.1, 0.15) is 62.5 Å². The number of amides is 1. The Kier molecular flexibility index (Phi) is 47.5. The highest BCUT2D eigenvalue weighted by atomic mass is 31.2. The summed E-state index contributed by atoms with van der Waals surface area (Å²) in [6.45, 7) is 2.19. The highest BCUT2D eigenvalue weighted by molar-refractivity contribution is 7.52. The van der Waals surface area contributed by atoms with Gasteiger partial charge in [0.05, 0.1) is 122 Å². The molecule has 0 radical (unpaired) electrons. The minimum atomic E-state index is -5.37. The number of rotatable bonds is 61. The molecule has 640 valence electrons. The fourth-order valence-electron chi connectivity index (χ4n) is 11.4. The van der Waals surface area contributed by atoms with E-state index in [0.29, 0.717) is 70.6 Å². The van der Waals surface area contributed by atoms with Gasteiger partial charge < -0.3 is 168 Å². The summed E-state index contributed by atoms with van der Waals surface area (Å²) in [6.07, 6.45) is -11.2. The third-order valence-corrected chi connectivity index (χ3v) is 23.6. The predicted molar refractivity (Wildman–Crippen MR) is 366 cm³/mol. The molecule has 0 aromatic rings. The van der Waals surface area contributed by atoms with E-state index in [2.05, 4.69) is 5.32 Å². The molecule has 4 saturated heterocycles. The van der Waals surface area contributed by atoms with Crippen molar-refractivity contribution in [3.8, 4) is 0 Å². The van der Waals surface area contributed by atoms with Crippen molar-refractivity contribution in [3.63, 3.8) is 0 Å². The number of aliphatic hydroxyl groups is 9. The second-order valence-electron chi connectivity index (χ2n) is 27.5. The largest absolute Gasteiger partial charge is 0.778 e. The molecule has 12 unspecified atom stereocenters. The summed E-state index contributed by atoms with van der Waals surface area (Å²) in [6, 6.07) is -1.12. The fourth-order valence-corrected chi connectivity index (χ4v) is 15.4. The lowest BCUT2D eigenvalue weighted by atomic mass is 9.92. The third-order valence-electron chi connectivity index (χ3n) is 17.8. The number of hydrogen-bond donors (Lipinski definition) is 10. The summed E-state index contributed by atoms with van der Waals surface area (Å²) >= 11 is 0. The van der Waals surface area contributed by atoms with Gasteiger partial charge in [-0.25, -0.2) is 0 Å². The predicted octanol–water partition coefficient (Wildman–Crippen LogP) is -0.451. The Morgan fingerprint density at radius 2 is 0.759 bits per heavy atom. The Labute approximate surface area is 631 Å². The zero-order chi connectivity index (χ0) is 80.1. The van der Waals surface area contributed by atoms with Gasteiger partial charge in [-0.1, -0.05) is 66.2 Å². The Bertz CT molecular complexity index is 2620. The Hall–Kier alpha value is -0.700. The molecule has 0 saturated carbocycles. The first-order valence-corrected chi connectivity index (χ1v) is 44.2. The van der Waals surface area contributed by atoms with Crippen molar-refractivity contribution in [1.29, 1.82) is 0 Å². The van der Waals surface area contributed by atoms with Gasteiger partial charge in [0, 0.05) is 70.5 Å². The van der Waals surface area contributed by atoms with Crippen LogP contribution in [0, 0.1) is 17.3 Å². The molecular formula is C63H119NO39P5-5. The molecule has 23 atom stereocenters. The van der Waals surface area contributed by atoms with Gasteiger partial charge in [0.25, 0.3) is 31.3 Å². The van der Waals surface area contributed by atoms with E-state index in [4.69, 9.17) is 88.1 Å². The highest BCUT2D eigenvalue weighted by Gasteiger charge is 2.47. The number of carbonyl (C=O) groups is 1. The van der Waals surface area contributed by atoms with Crippen molar-refractivity contribution in [3.05, 3.63) is 0 Å². The average molecular weight is 1670 g/mol. The second-order valence-corrected chi connectivity index (χ2v) is 35.5. The van der Waals surface area contributed by atoms with Crippen LogP contribution in [0.4, 0.5) is 0 Å². The summed E-state index contributed by atoms with van der Waals surface area (Å²) in [7, 11) is -24.3. The van der Waals surface area contributed by atoms with Gasteiger partial charge in [-0.3, -0.25) is 23.1 Å². The number of aliphatic hydroxyl groups excluding tert-OH is 9. The minimum absolute atomic E-state index is 0.0769. The Balaban J connectivity index is 1.34. The highest BCUT2D eigenvalue weighted by Crippen LogP contribution is 2.48. The summed E-state index contributed by atoms with van der Waals surface area (Å²) < 4.78 is 168. The first-order valence-electron chi connectivity index (χ1n) is 36.8. The van der Waals surface area contributed by atoms with Crippen molar-refractivity contribution in [2.24, 2.45) is 17.3 Å². The van der Waals surface area contributed by atoms with Crippen molar-refractivity contribution < 1.29 is 186 Å². The Morgan fingerprint density at radius 3 is 1.12 bits per heavy atom. The first kappa shape index (κ1) is 99.7. The molecule has 4 heterocycles. The normalized spacial score (nSPS) is 31.2. The summed E-state index contributed by atoms with van der Waals surface area (Å²) in [5, 5.41) is 92.4. The van der Waals surface area contributed by atoms with Crippen LogP contribution >= 0.6 is 38.9 Å². The number of carbonyl (C=O) groups excluding carboxylic acids is 1. The van der Waals surface area contributed by atoms with Crippen LogP contribution < -0.4 is 29.8 Å². The van der Waals surface area contributed by atoms with Crippen molar-refractivity contribution in [1.82, 2.24) is 5.32 Å².